The lowest BCUT2D eigenvalue weighted by Gasteiger charge is -2.18. The lowest BCUT2D eigenvalue weighted by molar-refractivity contribution is 0.270. The van der Waals surface area contributed by atoms with Gasteiger partial charge in [-0.1, -0.05) is 29.3 Å². The van der Waals surface area contributed by atoms with Crippen molar-refractivity contribution in [2.75, 3.05) is 13.7 Å². The van der Waals surface area contributed by atoms with Gasteiger partial charge in [-0.2, -0.15) is 0 Å². The minimum Gasteiger partial charge on any atom is -0.492 e. The van der Waals surface area contributed by atoms with Gasteiger partial charge in [0, 0.05) is 10.6 Å². The fourth-order valence-corrected chi connectivity index (χ4v) is 2.10. The third-order valence-electron chi connectivity index (χ3n) is 3.11. The van der Waals surface area contributed by atoms with Gasteiger partial charge >= 0.3 is 0 Å². The van der Waals surface area contributed by atoms with E-state index in [0.717, 1.165) is 5.56 Å². The van der Waals surface area contributed by atoms with E-state index in [0.29, 0.717) is 22.9 Å². The molecule has 106 valence electrons. The summed E-state index contributed by atoms with van der Waals surface area (Å²) in [5, 5.41) is 3.74. The summed E-state index contributed by atoms with van der Waals surface area (Å²) in [6.07, 6.45) is 0. The van der Waals surface area contributed by atoms with Gasteiger partial charge in [-0.3, -0.25) is 0 Å². The molecule has 2 aromatic carbocycles. The molecule has 1 unspecified atom stereocenters. The summed E-state index contributed by atoms with van der Waals surface area (Å²) in [5.74, 6) is 0.484. The molecular weight excluding hydrogens is 277 g/mol. The van der Waals surface area contributed by atoms with Crippen molar-refractivity contribution in [3.8, 4) is 5.75 Å². The standard InChI is InChI=1S/C16H17ClFNO/c1-11-3-8-15(18)14(9-11)16(19-2)10-20-13-6-4-12(17)5-7-13/h3-9,16,19H,10H2,1-2H3. The second-order valence-electron chi connectivity index (χ2n) is 4.63. The van der Waals surface area contributed by atoms with Crippen molar-refractivity contribution in [3.63, 3.8) is 0 Å². The molecule has 2 aromatic rings. The summed E-state index contributed by atoms with van der Waals surface area (Å²) in [4.78, 5) is 0. The second kappa shape index (κ2) is 6.73. The third-order valence-corrected chi connectivity index (χ3v) is 3.36. The Labute approximate surface area is 123 Å². The van der Waals surface area contributed by atoms with E-state index in [-0.39, 0.29) is 11.9 Å². The maximum atomic E-state index is 13.9. The van der Waals surface area contributed by atoms with Crippen LogP contribution < -0.4 is 10.1 Å². The van der Waals surface area contributed by atoms with Gasteiger partial charge in [-0.25, -0.2) is 4.39 Å². The van der Waals surface area contributed by atoms with Crippen molar-refractivity contribution in [2.24, 2.45) is 0 Å². The Morgan fingerprint density at radius 2 is 1.90 bits per heavy atom. The first kappa shape index (κ1) is 14.8. The lowest BCUT2D eigenvalue weighted by Crippen LogP contribution is -2.24. The number of benzene rings is 2. The molecule has 0 aromatic heterocycles. The fourth-order valence-electron chi connectivity index (χ4n) is 1.97. The summed E-state index contributed by atoms with van der Waals surface area (Å²) in [6, 6.07) is 12.0. The van der Waals surface area contributed by atoms with Gasteiger partial charge in [0.2, 0.25) is 0 Å². The van der Waals surface area contributed by atoms with Crippen molar-refractivity contribution in [2.45, 2.75) is 13.0 Å². The minimum absolute atomic E-state index is 0.203. The zero-order valence-corrected chi connectivity index (χ0v) is 12.2. The summed E-state index contributed by atoms with van der Waals surface area (Å²) in [6.45, 7) is 2.29. The Morgan fingerprint density at radius 1 is 1.20 bits per heavy atom. The zero-order chi connectivity index (χ0) is 14.5. The maximum Gasteiger partial charge on any atom is 0.128 e. The van der Waals surface area contributed by atoms with E-state index in [1.54, 1.807) is 37.4 Å². The number of rotatable bonds is 5. The number of ether oxygens (including phenoxy) is 1. The molecule has 1 N–H and O–H groups in total. The predicted octanol–water partition coefficient (Wildman–Crippen LogP) is 4.13. The van der Waals surface area contributed by atoms with Gasteiger partial charge < -0.3 is 10.1 Å². The lowest BCUT2D eigenvalue weighted by atomic mass is 10.0. The number of nitrogens with one attached hydrogen (secondary N) is 1. The van der Waals surface area contributed by atoms with Gasteiger partial charge in [-0.15, -0.1) is 0 Å². The highest BCUT2D eigenvalue weighted by atomic mass is 35.5. The smallest absolute Gasteiger partial charge is 0.128 e. The molecule has 0 amide bonds. The van der Waals surface area contributed by atoms with Crippen LogP contribution in [0, 0.1) is 12.7 Å². The normalized spacial score (nSPS) is 12.2. The van der Waals surface area contributed by atoms with Crippen molar-refractivity contribution in [1.82, 2.24) is 5.32 Å². The van der Waals surface area contributed by atoms with Gasteiger partial charge in [0.1, 0.15) is 18.2 Å². The van der Waals surface area contributed by atoms with E-state index in [1.165, 1.54) is 6.07 Å². The highest BCUT2D eigenvalue weighted by Crippen LogP contribution is 2.21. The average Bonchev–Trinajstić information content (AvgIpc) is 2.45. The molecule has 0 aliphatic heterocycles. The molecule has 4 heteroatoms. The van der Waals surface area contributed by atoms with Crippen LogP contribution in [0.2, 0.25) is 5.02 Å². The van der Waals surface area contributed by atoms with Crippen LogP contribution in [0.15, 0.2) is 42.5 Å². The largest absolute Gasteiger partial charge is 0.492 e. The number of likely N-dealkylation sites (N-methyl/N-ethyl adjacent to an activating group) is 1. The SMILES string of the molecule is CNC(COc1ccc(Cl)cc1)c1cc(C)ccc1F. The van der Waals surface area contributed by atoms with E-state index < -0.39 is 0 Å². The van der Waals surface area contributed by atoms with Gasteiger partial charge in [0.15, 0.2) is 0 Å². The molecule has 0 bridgehead atoms. The topological polar surface area (TPSA) is 21.3 Å². The van der Waals surface area contributed by atoms with Gasteiger partial charge in [0.25, 0.3) is 0 Å². The first-order valence-electron chi connectivity index (χ1n) is 6.42. The Morgan fingerprint density at radius 3 is 2.55 bits per heavy atom. The van der Waals surface area contributed by atoms with Crippen LogP contribution in [0.5, 0.6) is 5.75 Å². The van der Waals surface area contributed by atoms with Crippen LogP contribution in [0.3, 0.4) is 0 Å². The minimum atomic E-state index is -0.227. The van der Waals surface area contributed by atoms with Crippen molar-refractivity contribution >= 4 is 11.6 Å². The van der Waals surface area contributed by atoms with Crippen LogP contribution in [0.1, 0.15) is 17.2 Å². The van der Waals surface area contributed by atoms with Crippen molar-refractivity contribution < 1.29 is 9.13 Å². The predicted molar refractivity (Wildman–Crippen MR) is 79.9 cm³/mol. The number of aryl methyl sites for hydroxylation is 1. The molecular formula is C16H17ClFNO. The highest BCUT2D eigenvalue weighted by Gasteiger charge is 2.15. The van der Waals surface area contributed by atoms with E-state index in [1.807, 2.05) is 13.0 Å². The first-order valence-corrected chi connectivity index (χ1v) is 6.79. The molecule has 0 heterocycles. The molecule has 0 aliphatic carbocycles. The van der Waals surface area contributed by atoms with Gasteiger partial charge in [-0.05, 0) is 44.3 Å². The number of hydrogen-bond acceptors (Lipinski definition) is 2. The molecule has 2 nitrogen and oxygen atoms in total. The fraction of sp³-hybridized carbons (Fsp3) is 0.250. The number of hydrogen-bond donors (Lipinski definition) is 1. The van der Waals surface area contributed by atoms with E-state index in [2.05, 4.69) is 5.32 Å². The molecule has 2 rings (SSSR count). The molecule has 0 spiro atoms. The Hall–Kier alpha value is -1.58. The molecule has 0 saturated heterocycles. The maximum absolute atomic E-state index is 13.9. The molecule has 0 fully saturated rings. The number of halogens is 2. The van der Waals surface area contributed by atoms with Crippen molar-refractivity contribution in [1.29, 1.82) is 0 Å². The first-order chi connectivity index (χ1) is 9.60. The highest BCUT2D eigenvalue weighted by molar-refractivity contribution is 6.30. The van der Waals surface area contributed by atoms with Gasteiger partial charge in [0.05, 0.1) is 6.04 Å². The van der Waals surface area contributed by atoms with Crippen LogP contribution in [0.25, 0.3) is 0 Å². The summed E-state index contributed by atoms with van der Waals surface area (Å²) in [7, 11) is 1.79. The molecule has 0 aliphatic rings. The van der Waals surface area contributed by atoms with E-state index in [4.69, 9.17) is 16.3 Å². The van der Waals surface area contributed by atoms with E-state index >= 15 is 0 Å². The molecule has 1 atom stereocenters. The molecule has 0 saturated carbocycles. The average molecular weight is 294 g/mol. The zero-order valence-electron chi connectivity index (χ0n) is 11.5. The summed E-state index contributed by atoms with van der Waals surface area (Å²) >= 11 is 5.82. The third kappa shape index (κ3) is 3.71. The summed E-state index contributed by atoms with van der Waals surface area (Å²) < 4.78 is 19.5. The Kier molecular flexibility index (Phi) is 4.99. The molecule has 0 radical (unpaired) electrons. The van der Waals surface area contributed by atoms with Crippen LogP contribution in [-0.2, 0) is 0 Å². The Balaban J connectivity index is 2.09. The van der Waals surface area contributed by atoms with Crippen LogP contribution >= 0.6 is 11.6 Å². The van der Waals surface area contributed by atoms with E-state index in [9.17, 15) is 4.39 Å². The van der Waals surface area contributed by atoms with Crippen LogP contribution in [-0.4, -0.2) is 13.7 Å². The molecule has 20 heavy (non-hydrogen) atoms. The monoisotopic (exact) mass is 293 g/mol. The second-order valence-corrected chi connectivity index (χ2v) is 5.07. The summed E-state index contributed by atoms with van der Waals surface area (Å²) in [5.41, 5.74) is 1.63. The quantitative estimate of drug-likeness (QED) is 0.895. The van der Waals surface area contributed by atoms with Crippen LogP contribution in [0.4, 0.5) is 4.39 Å². The Bertz CT molecular complexity index is 571. The van der Waals surface area contributed by atoms with Crippen molar-refractivity contribution in [3.05, 3.63) is 64.4 Å².